The number of thiophene rings is 1. The molecular weight excluding hydrogens is 406 g/mol. The van der Waals surface area contributed by atoms with E-state index in [1.165, 1.54) is 23.3 Å². The summed E-state index contributed by atoms with van der Waals surface area (Å²) in [5, 5.41) is 2.08. The predicted octanol–water partition coefficient (Wildman–Crippen LogP) is 3.92. The average Bonchev–Trinajstić information content (AvgIpc) is 3.35. The third kappa shape index (κ3) is 6.17. The summed E-state index contributed by atoms with van der Waals surface area (Å²) in [6.45, 7) is 7.17. The largest absolute Gasteiger partial charge is 0.332 e. The minimum atomic E-state index is 0.0343. The van der Waals surface area contributed by atoms with Gasteiger partial charge in [0.15, 0.2) is 0 Å². The molecule has 1 aromatic carbocycles. The van der Waals surface area contributed by atoms with E-state index in [-0.39, 0.29) is 24.3 Å². The average molecular weight is 440 g/mol. The molecule has 1 aromatic heterocycles. The van der Waals surface area contributed by atoms with Crippen LogP contribution in [0, 0.1) is 12.8 Å². The van der Waals surface area contributed by atoms with Crippen LogP contribution in [0.3, 0.4) is 0 Å². The summed E-state index contributed by atoms with van der Waals surface area (Å²) < 4.78 is 0. The zero-order valence-electron chi connectivity index (χ0n) is 18.5. The van der Waals surface area contributed by atoms with E-state index in [4.69, 9.17) is 0 Å². The number of nitrogens with zero attached hydrogens (tertiary/aromatic N) is 3. The number of hydrogen-bond acceptors (Lipinski definition) is 4. The summed E-state index contributed by atoms with van der Waals surface area (Å²) >= 11 is 1.69. The molecule has 1 saturated carbocycles. The fourth-order valence-corrected chi connectivity index (χ4v) is 5.08. The van der Waals surface area contributed by atoms with Crippen molar-refractivity contribution in [2.75, 3.05) is 32.7 Å². The summed E-state index contributed by atoms with van der Waals surface area (Å²) in [6, 6.07) is 12.2. The van der Waals surface area contributed by atoms with Crippen molar-refractivity contribution in [2.45, 2.75) is 45.7 Å². The lowest BCUT2D eigenvalue weighted by Gasteiger charge is -2.29. The van der Waals surface area contributed by atoms with Gasteiger partial charge in [-0.1, -0.05) is 30.3 Å². The van der Waals surface area contributed by atoms with Crippen molar-refractivity contribution in [2.24, 2.45) is 5.92 Å². The fourth-order valence-electron chi connectivity index (χ4n) is 4.16. The topological polar surface area (TPSA) is 43.9 Å². The number of carbonyl (C=O) groups excluding carboxylic acids is 2. The van der Waals surface area contributed by atoms with E-state index in [1.54, 1.807) is 11.3 Å². The molecule has 166 valence electrons. The van der Waals surface area contributed by atoms with E-state index in [1.807, 2.05) is 28.0 Å². The maximum absolute atomic E-state index is 13.5. The summed E-state index contributed by atoms with van der Waals surface area (Å²) in [5.41, 5.74) is 2.33. The second-order valence-electron chi connectivity index (χ2n) is 8.85. The molecule has 0 N–H and O–H groups in total. The van der Waals surface area contributed by atoms with Crippen molar-refractivity contribution in [3.8, 4) is 0 Å². The van der Waals surface area contributed by atoms with Crippen molar-refractivity contribution in [3.63, 3.8) is 0 Å². The molecule has 1 saturated heterocycles. The number of aryl methyl sites for hydroxylation is 1. The highest BCUT2D eigenvalue weighted by Gasteiger charge is 2.35. The van der Waals surface area contributed by atoms with Gasteiger partial charge < -0.3 is 14.7 Å². The molecular formula is C25H33N3O2S. The Balaban J connectivity index is 1.45. The molecule has 31 heavy (non-hydrogen) atoms. The van der Waals surface area contributed by atoms with Crippen molar-refractivity contribution >= 4 is 23.2 Å². The maximum Gasteiger partial charge on any atom is 0.242 e. The second-order valence-corrected chi connectivity index (χ2v) is 9.85. The first-order chi connectivity index (χ1) is 15.1. The number of hydrogen-bond donors (Lipinski definition) is 0. The van der Waals surface area contributed by atoms with Crippen LogP contribution >= 0.6 is 11.3 Å². The molecule has 2 aromatic rings. The zero-order valence-corrected chi connectivity index (χ0v) is 19.3. The number of likely N-dealkylation sites (tertiary alicyclic amines) is 1. The Morgan fingerprint density at radius 1 is 1.03 bits per heavy atom. The lowest BCUT2D eigenvalue weighted by Crippen LogP contribution is -2.45. The highest BCUT2D eigenvalue weighted by Crippen LogP contribution is 2.31. The van der Waals surface area contributed by atoms with Crippen LogP contribution in [0.5, 0.6) is 0 Å². The lowest BCUT2D eigenvalue weighted by molar-refractivity contribution is -0.142. The van der Waals surface area contributed by atoms with E-state index < -0.39 is 0 Å². The fraction of sp³-hybridized carbons (Fsp3) is 0.520. The first-order valence-corrected chi connectivity index (χ1v) is 12.3. The Hall–Kier alpha value is -2.18. The van der Waals surface area contributed by atoms with Gasteiger partial charge in [0.2, 0.25) is 11.8 Å². The van der Waals surface area contributed by atoms with Gasteiger partial charge in [-0.3, -0.25) is 9.59 Å². The van der Waals surface area contributed by atoms with Crippen LogP contribution in [0.1, 0.15) is 41.7 Å². The van der Waals surface area contributed by atoms with Crippen LogP contribution in [-0.2, 0) is 22.7 Å². The van der Waals surface area contributed by atoms with Crippen LogP contribution in [0.25, 0.3) is 0 Å². The highest BCUT2D eigenvalue weighted by atomic mass is 32.1. The molecule has 2 fully saturated rings. The van der Waals surface area contributed by atoms with Crippen LogP contribution in [0.4, 0.5) is 0 Å². The van der Waals surface area contributed by atoms with E-state index in [0.717, 1.165) is 38.0 Å². The van der Waals surface area contributed by atoms with Gasteiger partial charge in [-0.2, -0.15) is 0 Å². The Kier molecular flexibility index (Phi) is 7.41. The molecule has 0 bridgehead atoms. The quantitative estimate of drug-likeness (QED) is 0.564. The van der Waals surface area contributed by atoms with E-state index in [9.17, 15) is 9.59 Å². The van der Waals surface area contributed by atoms with Gasteiger partial charge in [0.25, 0.3) is 0 Å². The maximum atomic E-state index is 13.5. The van der Waals surface area contributed by atoms with Crippen molar-refractivity contribution in [1.82, 2.24) is 14.7 Å². The summed E-state index contributed by atoms with van der Waals surface area (Å²) in [7, 11) is 0. The molecule has 0 atom stereocenters. The number of amides is 2. The van der Waals surface area contributed by atoms with Gasteiger partial charge in [-0.05, 0) is 68.3 Å². The van der Waals surface area contributed by atoms with Gasteiger partial charge in [0, 0.05) is 30.4 Å². The zero-order chi connectivity index (χ0) is 21.6. The molecule has 1 aliphatic carbocycles. The molecule has 6 heteroatoms. The first kappa shape index (κ1) is 22.0. The number of carbonyl (C=O) groups is 2. The normalized spacial score (nSPS) is 16.4. The Labute approximate surface area is 189 Å². The van der Waals surface area contributed by atoms with Gasteiger partial charge in [-0.25, -0.2) is 0 Å². The van der Waals surface area contributed by atoms with Crippen molar-refractivity contribution in [3.05, 3.63) is 57.8 Å². The molecule has 2 amide bonds. The molecule has 2 heterocycles. The van der Waals surface area contributed by atoms with E-state index in [0.29, 0.717) is 19.6 Å². The predicted molar refractivity (Wildman–Crippen MR) is 125 cm³/mol. The minimum Gasteiger partial charge on any atom is -0.332 e. The molecule has 4 rings (SSSR count). The number of benzene rings is 1. The second kappa shape index (κ2) is 10.4. The van der Waals surface area contributed by atoms with Crippen LogP contribution < -0.4 is 0 Å². The van der Waals surface area contributed by atoms with Crippen molar-refractivity contribution in [1.29, 1.82) is 0 Å². The van der Waals surface area contributed by atoms with Gasteiger partial charge in [0.1, 0.15) is 0 Å². The lowest BCUT2D eigenvalue weighted by atomic mass is 10.2. The smallest absolute Gasteiger partial charge is 0.242 e. The van der Waals surface area contributed by atoms with Crippen LogP contribution in [0.2, 0.25) is 0 Å². The summed E-state index contributed by atoms with van der Waals surface area (Å²) in [4.78, 5) is 33.8. The van der Waals surface area contributed by atoms with Crippen molar-refractivity contribution < 1.29 is 9.59 Å². The molecule has 2 aliphatic rings. The van der Waals surface area contributed by atoms with Crippen LogP contribution in [-0.4, -0.2) is 59.2 Å². The molecule has 5 nitrogen and oxygen atoms in total. The Morgan fingerprint density at radius 2 is 1.77 bits per heavy atom. The third-order valence-corrected chi connectivity index (χ3v) is 7.33. The standard InChI is InChI=1S/C25H33N3O2S/c1-20-11-16-31-23(20)18-28(17-21-7-3-2-4-8-21)24(29)19-27(25(30)22-9-10-22)15-14-26-12-5-6-13-26/h2-4,7-8,11,16,22H,5-6,9-10,12-15,17-19H2,1H3. The summed E-state index contributed by atoms with van der Waals surface area (Å²) in [6.07, 6.45) is 4.41. The monoisotopic (exact) mass is 439 g/mol. The molecule has 0 radical (unpaired) electrons. The van der Waals surface area contributed by atoms with Crippen LogP contribution in [0.15, 0.2) is 41.8 Å². The molecule has 1 aliphatic heterocycles. The van der Waals surface area contributed by atoms with Gasteiger partial charge in [-0.15, -0.1) is 11.3 Å². The van der Waals surface area contributed by atoms with E-state index in [2.05, 4.69) is 35.4 Å². The molecule has 0 spiro atoms. The van der Waals surface area contributed by atoms with Gasteiger partial charge in [0.05, 0.1) is 13.1 Å². The minimum absolute atomic E-state index is 0.0343. The summed E-state index contributed by atoms with van der Waals surface area (Å²) in [5.74, 6) is 0.333. The van der Waals surface area contributed by atoms with Gasteiger partial charge >= 0.3 is 0 Å². The third-order valence-electron chi connectivity index (χ3n) is 6.32. The van der Waals surface area contributed by atoms with E-state index >= 15 is 0 Å². The highest BCUT2D eigenvalue weighted by molar-refractivity contribution is 7.10. The Morgan fingerprint density at radius 3 is 2.42 bits per heavy atom. The number of rotatable bonds is 10. The molecule has 0 unspecified atom stereocenters. The SMILES string of the molecule is Cc1ccsc1CN(Cc1ccccc1)C(=O)CN(CCN1CCCC1)C(=O)C1CC1. The Bertz CT molecular complexity index is 872. The first-order valence-electron chi connectivity index (χ1n) is 11.5.